The maximum Gasteiger partial charge on any atom is 0.238 e. The molecule has 0 aromatic heterocycles. The van der Waals surface area contributed by atoms with Gasteiger partial charge in [0.1, 0.15) is 6.10 Å². The third kappa shape index (κ3) is 2.26. The first-order chi connectivity index (χ1) is 14.1. The summed E-state index contributed by atoms with van der Waals surface area (Å²) in [7, 11) is 0. The van der Waals surface area contributed by atoms with E-state index < -0.39 is 0 Å². The van der Waals surface area contributed by atoms with Gasteiger partial charge in [0, 0.05) is 22.4 Å². The lowest BCUT2D eigenvalue weighted by Crippen LogP contribution is -2.41. The minimum Gasteiger partial charge on any atom is -0.391 e. The number of imide groups is 1. The molecular weight excluding hydrogens is 411 g/mol. The summed E-state index contributed by atoms with van der Waals surface area (Å²) in [5, 5.41) is 5.40. The van der Waals surface area contributed by atoms with Crippen molar-refractivity contribution in [3.05, 3.63) is 64.1 Å². The van der Waals surface area contributed by atoms with Crippen LogP contribution < -0.4 is 4.90 Å². The van der Waals surface area contributed by atoms with Crippen LogP contribution in [0.2, 0.25) is 10.0 Å². The second-order valence-electron chi connectivity index (χ2n) is 8.16. The summed E-state index contributed by atoms with van der Waals surface area (Å²) in [6.45, 7) is 0. The Balaban J connectivity index is 1.37. The second kappa shape index (κ2) is 6.07. The van der Waals surface area contributed by atoms with Gasteiger partial charge in [-0.25, -0.2) is 0 Å². The molecule has 7 heteroatoms. The van der Waals surface area contributed by atoms with E-state index in [2.05, 4.69) is 5.16 Å². The van der Waals surface area contributed by atoms with E-state index in [0.29, 0.717) is 15.7 Å². The van der Waals surface area contributed by atoms with Gasteiger partial charge in [-0.15, -0.1) is 0 Å². The van der Waals surface area contributed by atoms with Crippen molar-refractivity contribution < 1.29 is 14.4 Å². The van der Waals surface area contributed by atoms with Crippen LogP contribution in [-0.2, 0) is 14.4 Å². The fourth-order valence-electron chi connectivity index (χ4n) is 5.88. The first-order valence-corrected chi connectivity index (χ1v) is 10.4. The molecule has 3 fully saturated rings. The maximum absolute atomic E-state index is 13.3. The number of anilines is 1. The predicted molar refractivity (Wildman–Crippen MR) is 109 cm³/mol. The standard InChI is InChI=1S/C22H16Cl2N2O3/c23-10-6-7-12(15(24)8-10)19-18-13-9-14(20(18)29-25-19)17-16(13)21(27)26(22(17)28)11-4-2-1-3-5-11/h1-8,13-14,16-18,20H,9H2/t13-,14+,16+,17+,18+,20-/m1/s1. The fraction of sp³-hybridized carbons (Fsp3) is 0.318. The zero-order valence-corrected chi connectivity index (χ0v) is 16.7. The van der Waals surface area contributed by atoms with Crippen LogP contribution in [0.15, 0.2) is 53.7 Å². The Kier molecular flexibility index (Phi) is 3.66. The van der Waals surface area contributed by atoms with Crippen molar-refractivity contribution in [2.45, 2.75) is 12.5 Å². The number of hydrogen-bond donors (Lipinski definition) is 0. The van der Waals surface area contributed by atoms with Crippen LogP contribution in [0.25, 0.3) is 0 Å². The number of para-hydroxylation sites is 1. The van der Waals surface area contributed by atoms with Crippen molar-refractivity contribution in [2.24, 2.45) is 34.7 Å². The van der Waals surface area contributed by atoms with Crippen LogP contribution in [0.1, 0.15) is 12.0 Å². The van der Waals surface area contributed by atoms with E-state index in [9.17, 15) is 9.59 Å². The van der Waals surface area contributed by atoms with Crippen LogP contribution in [-0.4, -0.2) is 23.6 Å². The summed E-state index contributed by atoms with van der Waals surface area (Å²) in [5.41, 5.74) is 2.18. The number of hydrogen-bond acceptors (Lipinski definition) is 4. The highest BCUT2D eigenvalue weighted by Crippen LogP contribution is 2.62. The van der Waals surface area contributed by atoms with Crippen LogP contribution in [0.4, 0.5) is 5.69 Å². The van der Waals surface area contributed by atoms with E-state index >= 15 is 0 Å². The molecular formula is C22H16Cl2N2O3. The van der Waals surface area contributed by atoms with Gasteiger partial charge in [-0.3, -0.25) is 14.5 Å². The molecule has 2 heterocycles. The molecule has 0 spiro atoms. The van der Waals surface area contributed by atoms with Gasteiger partial charge in [-0.2, -0.15) is 0 Å². The summed E-state index contributed by atoms with van der Waals surface area (Å²) < 4.78 is 0. The Labute approximate surface area is 177 Å². The zero-order chi connectivity index (χ0) is 19.9. The number of oxime groups is 1. The first-order valence-electron chi connectivity index (χ1n) is 9.68. The minimum absolute atomic E-state index is 0.00696. The Morgan fingerprint density at radius 3 is 2.38 bits per heavy atom. The van der Waals surface area contributed by atoms with E-state index in [1.807, 2.05) is 24.3 Å². The maximum atomic E-state index is 13.3. The molecule has 1 saturated heterocycles. The van der Waals surface area contributed by atoms with Gasteiger partial charge in [0.25, 0.3) is 0 Å². The number of amides is 2. The number of fused-ring (bicyclic) bond motifs is 8. The molecule has 2 aromatic rings. The molecule has 146 valence electrons. The van der Waals surface area contributed by atoms with E-state index in [4.69, 9.17) is 28.0 Å². The van der Waals surface area contributed by atoms with Crippen molar-refractivity contribution in [1.82, 2.24) is 0 Å². The molecule has 2 aliphatic heterocycles. The largest absolute Gasteiger partial charge is 0.391 e. The molecule has 2 aromatic carbocycles. The Hall–Kier alpha value is -2.37. The summed E-state index contributed by atoms with van der Waals surface area (Å²) in [4.78, 5) is 33.7. The molecule has 6 atom stereocenters. The molecule has 0 N–H and O–H groups in total. The van der Waals surface area contributed by atoms with Gasteiger partial charge >= 0.3 is 0 Å². The molecule has 0 unspecified atom stereocenters. The summed E-state index contributed by atoms with van der Waals surface area (Å²) >= 11 is 12.5. The van der Waals surface area contributed by atoms with Crippen LogP contribution in [0.3, 0.4) is 0 Å². The lowest BCUT2D eigenvalue weighted by Gasteiger charge is -2.30. The van der Waals surface area contributed by atoms with Crippen LogP contribution >= 0.6 is 23.2 Å². The molecule has 2 amide bonds. The molecule has 4 aliphatic rings. The number of benzene rings is 2. The molecule has 2 saturated carbocycles. The zero-order valence-electron chi connectivity index (χ0n) is 15.2. The highest BCUT2D eigenvalue weighted by Gasteiger charge is 2.70. The first kappa shape index (κ1) is 17.5. The highest BCUT2D eigenvalue weighted by molar-refractivity contribution is 6.37. The molecule has 6 rings (SSSR count). The normalized spacial score (nSPS) is 34.3. The van der Waals surface area contributed by atoms with Gasteiger partial charge in [-0.05, 0) is 36.6 Å². The fourth-order valence-corrected chi connectivity index (χ4v) is 6.38. The van der Waals surface area contributed by atoms with Crippen molar-refractivity contribution in [3.8, 4) is 0 Å². The van der Waals surface area contributed by atoms with Gasteiger partial charge < -0.3 is 4.84 Å². The number of carbonyl (C=O) groups is 2. The van der Waals surface area contributed by atoms with E-state index in [1.54, 1.807) is 24.3 Å². The Morgan fingerprint density at radius 1 is 0.931 bits per heavy atom. The number of rotatable bonds is 2. The van der Waals surface area contributed by atoms with Crippen molar-refractivity contribution >= 4 is 46.4 Å². The number of carbonyl (C=O) groups excluding carboxylic acids is 2. The monoisotopic (exact) mass is 426 g/mol. The summed E-state index contributed by atoms with van der Waals surface area (Å²) in [6, 6.07) is 14.5. The quantitative estimate of drug-likeness (QED) is 0.677. The molecule has 2 aliphatic carbocycles. The second-order valence-corrected chi connectivity index (χ2v) is 9.00. The van der Waals surface area contributed by atoms with Crippen molar-refractivity contribution in [1.29, 1.82) is 0 Å². The number of nitrogens with zero attached hydrogens (tertiary/aromatic N) is 2. The minimum atomic E-state index is -0.329. The lowest BCUT2D eigenvalue weighted by molar-refractivity contribution is -0.125. The van der Waals surface area contributed by atoms with Crippen LogP contribution in [0, 0.1) is 29.6 Å². The Morgan fingerprint density at radius 2 is 1.66 bits per heavy atom. The predicted octanol–water partition coefficient (Wildman–Crippen LogP) is 4.17. The van der Waals surface area contributed by atoms with E-state index in [-0.39, 0.29) is 47.5 Å². The van der Waals surface area contributed by atoms with Gasteiger partial charge in [0.2, 0.25) is 11.8 Å². The summed E-state index contributed by atoms with van der Waals surface area (Å²) in [5.74, 6) is -0.895. The van der Waals surface area contributed by atoms with Gasteiger partial charge in [0.05, 0.1) is 28.3 Å². The van der Waals surface area contributed by atoms with E-state index in [1.165, 1.54) is 4.90 Å². The van der Waals surface area contributed by atoms with Crippen LogP contribution in [0.5, 0.6) is 0 Å². The molecule has 5 nitrogen and oxygen atoms in total. The molecule has 29 heavy (non-hydrogen) atoms. The molecule has 0 radical (unpaired) electrons. The van der Waals surface area contributed by atoms with Crippen molar-refractivity contribution in [2.75, 3.05) is 4.90 Å². The average Bonchev–Trinajstić information content (AvgIpc) is 3.43. The average molecular weight is 427 g/mol. The Bertz CT molecular complexity index is 1090. The highest BCUT2D eigenvalue weighted by atomic mass is 35.5. The smallest absolute Gasteiger partial charge is 0.238 e. The lowest BCUT2D eigenvalue weighted by atomic mass is 9.71. The number of halogens is 2. The third-order valence-corrected chi connectivity index (χ3v) is 7.46. The SMILES string of the molecule is O=C1[C@H]2[C@@H]3C[C@@H]([C@H]4C(c5ccc(Cl)cc5Cl)=NO[C@H]34)[C@@H]2C(=O)N1c1ccccc1. The van der Waals surface area contributed by atoms with E-state index in [0.717, 1.165) is 17.7 Å². The van der Waals surface area contributed by atoms with Gasteiger partial charge in [0.15, 0.2) is 0 Å². The topological polar surface area (TPSA) is 59.0 Å². The third-order valence-electron chi connectivity index (χ3n) is 6.91. The van der Waals surface area contributed by atoms with Gasteiger partial charge in [-0.1, -0.05) is 52.6 Å². The van der Waals surface area contributed by atoms with Crippen molar-refractivity contribution in [3.63, 3.8) is 0 Å². The molecule has 2 bridgehead atoms. The summed E-state index contributed by atoms with van der Waals surface area (Å²) in [6.07, 6.45) is 0.616.